The molecule has 0 saturated heterocycles. The fourth-order valence-corrected chi connectivity index (χ4v) is 4.72. The minimum atomic E-state index is -1.34. The van der Waals surface area contributed by atoms with Crippen LogP contribution in [0.25, 0.3) is 10.9 Å². The van der Waals surface area contributed by atoms with Gasteiger partial charge in [0.05, 0.1) is 6.04 Å². The molecule has 3 amide bonds. The Morgan fingerprint density at radius 2 is 1.18 bits per heavy atom. The quantitative estimate of drug-likeness (QED) is 0.112. The summed E-state index contributed by atoms with van der Waals surface area (Å²) in [4.78, 5) is 55.1. The molecule has 3 aromatic carbocycles. The van der Waals surface area contributed by atoms with Crippen LogP contribution in [-0.2, 0) is 38.4 Å². The largest absolute Gasteiger partial charge is 0.508 e. The van der Waals surface area contributed by atoms with E-state index in [1.165, 1.54) is 31.2 Å². The lowest BCUT2D eigenvalue weighted by Crippen LogP contribution is -2.58. The van der Waals surface area contributed by atoms with Crippen LogP contribution in [0.15, 0.2) is 79.0 Å². The summed E-state index contributed by atoms with van der Waals surface area (Å²) in [6, 6.07) is 14.8. The summed E-state index contributed by atoms with van der Waals surface area (Å²) in [7, 11) is 0. The highest BCUT2D eigenvalue weighted by Crippen LogP contribution is 2.20. The number of phenolic OH excluding ortho intramolecular Hbond substituents is 2. The van der Waals surface area contributed by atoms with Gasteiger partial charge in [-0.3, -0.25) is 14.4 Å². The number of nitrogens with one attached hydrogen (secondary N) is 4. The SMILES string of the molecule is CC(N)C(=O)NC(Cc1c[nH]c2ccccc12)C(=O)NC(Cc1ccc(O)cc1)C(=O)NC(Cc1ccc(O)cc1)C(=O)O. The predicted octanol–water partition coefficient (Wildman–Crippen LogP) is 1.49. The van der Waals surface area contributed by atoms with E-state index in [2.05, 4.69) is 20.9 Å². The Balaban J connectivity index is 1.59. The van der Waals surface area contributed by atoms with Crippen LogP contribution in [0.5, 0.6) is 11.5 Å². The minimum Gasteiger partial charge on any atom is -0.508 e. The molecule has 0 bridgehead atoms. The Labute approximate surface area is 253 Å². The number of para-hydroxylation sites is 1. The summed E-state index contributed by atoms with van der Waals surface area (Å²) in [5, 5.41) is 37.8. The highest BCUT2D eigenvalue weighted by Gasteiger charge is 2.31. The van der Waals surface area contributed by atoms with Crippen molar-refractivity contribution in [1.29, 1.82) is 0 Å². The molecular formula is C32H35N5O7. The number of aromatic hydroxyl groups is 2. The van der Waals surface area contributed by atoms with Gasteiger partial charge in [0.15, 0.2) is 0 Å². The van der Waals surface area contributed by atoms with Crippen LogP contribution in [0.1, 0.15) is 23.6 Å². The van der Waals surface area contributed by atoms with Crippen LogP contribution in [0.3, 0.4) is 0 Å². The molecule has 12 nitrogen and oxygen atoms in total. The zero-order valence-corrected chi connectivity index (χ0v) is 24.0. The fraction of sp³-hybridized carbons (Fsp3) is 0.250. The maximum absolute atomic E-state index is 13.7. The minimum absolute atomic E-state index is 0.0102. The molecule has 0 aliphatic carbocycles. The maximum atomic E-state index is 13.7. The van der Waals surface area contributed by atoms with Gasteiger partial charge in [0.1, 0.15) is 29.6 Å². The van der Waals surface area contributed by atoms with Gasteiger partial charge in [0.2, 0.25) is 17.7 Å². The third kappa shape index (κ3) is 8.35. The van der Waals surface area contributed by atoms with Crippen LogP contribution in [-0.4, -0.2) is 68.2 Å². The van der Waals surface area contributed by atoms with Gasteiger partial charge in [-0.2, -0.15) is 0 Å². The number of rotatable bonds is 13. The molecule has 4 unspecified atom stereocenters. The number of amides is 3. The van der Waals surface area contributed by atoms with Crippen LogP contribution in [0, 0.1) is 0 Å². The number of hydrogen-bond donors (Lipinski definition) is 8. The number of aromatic amines is 1. The topological polar surface area (TPSA) is 207 Å². The second-order valence-electron chi connectivity index (χ2n) is 10.6. The Hall–Kier alpha value is -5.36. The van der Waals surface area contributed by atoms with Crippen LogP contribution < -0.4 is 21.7 Å². The third-order valence-corrected chi connectivity index (χ3v) is 7.15. The van der Waals surface area contributed by atoms with Crippen molar-refractivity contribution in [3.8, 4) is 11.5 Å². The lowest BCUT2D eigenvalue weighted by atomic mass is 10.0. The molecule has 0 saturated carbocycles. The zero-order valence-electron chi connectivity index (χ0n) is 24.0. The number of aromatic nitrogens is 1. The Morgan fingerprint density at radius 1 is 0.705 bits per heavy atom. The number of carboxylic acid groups (broad SMARTS) is 1. The second-order valence-corrected chi connectivity index (χ2v) is 10.6. The standard InChI is InChI=1S/C32H35N5O7/c1-18(33)29(40)35-27(16-21-17-34-25-5-3-2-4-24(21)25)31(42)36-26(14-19-6-10-22(38)11-7-19)30(41)37-28(32(43)44)15-20-8-12-23(39)13-9-20/h2-13,17-18,26-28,34,38-39H,14-16,33H2,1H3,(H,35,40)(H,36,42)(H,37,41)(H,43,44). The number of carboxylic acids is 1. The van der Waals surface area contributed by atoms with E-state index in [9.17, 15) is 34.5 Å². The molecule has 0 aliphatic heterocycles. The van der Waals surface area contributed by atoms with Crippen LogP contribution in [0.4, 0.5) is 0 Å². The summed E-state index contributed by atoms with van der Waals surface area (Å²) in [6.07, 6.45) is 1.71. The number of hydrogen-bond acceptors (Lipinski definition) is 7. The molecule has 0 aliphatic rings. The van der Waals surface area contributed by atoms with Gasteiger partial charge in [-0.15, -0.1) is 0 Å². The van der Waals surface area contributed by atoms with Crippen LogP contribution >= 0.6 is 0 Å². The number of carbonyl (C=O) groups excluding carboxylic acids is 3. The molecule has 1 heterocycles. The van der Waals surface area contributed by atoms with Crippen molar-refractivity contribution in [3.63, 3.8) is 0 Å². The van der Waals surface area contributed by atoms with Crippen molar-refractivity contribution < 1.29 is 34.5 Å². The van der Waals surface area contributed by atoms with E-state index < -0.39 is 47.9 Å². The Kier molecular flexibility index (Phi) is 10.2. The van der Waals surface area contributed by atoms with Crippen molar-refractivity contribution >= 4 is 34.6 Å². The molecule has 230 valence electrons. The smallest absolute Gasteiger partial charge is 0.326 e. The lowest BCUT2D eigenvalue weighted by molar-refractivity contribution is -0.142. The first kappa shape index (κ1) is 31.6. The molecule has 0 radical (unpaired) electrons. The molecule has 9 N–H and O–H groups in total. The van der Waals surface area contributed by atoms with Crippen molar-refractivity contribution in [2.24, 2.45) is 5.73 Å². The average Bonchev–Trinajstić information content (AvgIpc) is 3.40. The van der Waals surface area contributed by atoms with Gasteiger partial charge in [0, 0.05) is 36.4 Å². The van der Waals surface area contributed by atoms with E-state index in [0.29, 0.717) is 11.1 Å². The van der Waals surface area contributed by atoms with Gasteiger partial charge in [-0.05, 0) is 53.9 Å². The molecule has 0 spiro atoms. The van der Waals surface area contributed by atoms with Gasteiger partial charge in [-0.25, -0.2) is 4.79 Å². The predicted molar refractivity (Wildman–Crippen MR) is 163 cm³/mol. The third-order valence-electron chi connectivity index (χ3n) is 7.15. The summed E-state index contributed by atoms with van der Waals surface area (Å²) in [5.41, 5.74) is 8.51. The summed E-state index contributed by atoms with van der Waals surface area (Å²) >= 11 is 0. The van der Waals surface area contributed by atoms with E-state index >= 15 is 0 Å². The van der Waals surface area contributed by atoms with Crippen molar-refractivity contribution in [2.45, 2.75) is 50.4 Å². The molecule has 1 aromatic heterocycles. The molecule has 4 atom stereocenters. The normalized spacial score (nSPS) is 13.8. The number of benzene rings is 3. The Morgan fingerprint density at radius 3 is 1.73 bits per heavy atom. The van der Waals surface area contributed by atoms with Crippen molar-refractivity contribution in [2.75, 3.05) is 0 Å². The zero-order chi connectivity index (χ0) is 31.8. The molecule has 12 heteroatoms. The molecule has 4 aromatic rings. The van der Waals surface area contributed by atoms with Crippen molar-refractivity contribution in [1.82, 2.24) is 20.9 Å². The maximum Gasteiger partial charge on any atom is 0.326 e. The molecule has 0 fully saturated rings. The molecular weight excluding hydrogens is 566 g/mol. The van der Waals surface area contributed by atoms with E-state index in [4.69, 9.17) is 5.73 Å². The molecule has 4 rings (SSSR count). The van der Waals surface area contributed by atoms with E-state index in [1.807, 2.05) is 24.3 Å². The number of aliphatic carboxylic acids is 1. The number of fused-ring (bicyclic) bond motifs is 1. The van der Waals surface area contributed by atoms with E-state index in [-0.39, 0.29) is 30.8 Å². The first-order valence-corrected chi connectivity index (χ1v) is 14.0. The fourth-order valence-electron chi connectivity index (χ4n) is 4.72. The monoisotopic (exact) mass is 601 g/mol. The van der Waals surface area contributed by atoms with Gasteiger partial charge < -0.3 is 42.0 Å². The van der Waals surface area contributed by atoms with E-state index in [1.54, 1.807) is 30.5 Å². The van der Waals surface area contributed by atoms with Crippen molar-refractivity contribution in [3.05, 3.63) is 95.7 Å². The second kappa shape index (κ2) is 14.2. The number of phenols is 2. The lowest BCUT2D eigenvalue weighted by Gasteiger charge is -2.25. The number of nitrogens with two attached hydrogens (primary N) is 1. The first-order chi connectivity index (χ1) is 21.0. The van der Waals surface area contributed by atoms with Gasteiger partial charge in [-0.1, -0.05) is 42.5 Å². The Bertz CT molecular complexity index is 1620. The van der Waals surface area contributed by atoms with Gasteiger partial charge >= 0.3 is 5.97 Å². The van der Waals surface area contributed by atoms with Crippen LogP contribution in [0.2, 0.25) is 0 Å². The summed E-state index contributed by atoms with van der Waals surface area (Å²) < 4.78 is 0. The summed E-state index contributed by atoms with van der Waals surface area (Å²) in [5.74, 6) is -3.27. The average molecular weight is 602 g/mol. The number of H-pyrrole nitrogens is 1. The highest BCUT2D eigenvalue weighted by atomic mass is 16.4. The van der Waals surface area contributed by atoms with E-state index in [0.717, 1.165) is 16.5 Å². The summed E-state index contributed by atoms with van der Waals surface area (Å²) in [6.45, 7) is 1.48. The highest BCUT2D eigenvalue weighted by molar-refractivity contribution is 5.95. The number of carbonyl (C=O) groups is 4. The first-order valence-electron chi connectivity index (χ1n) is 14.0. The molecule has 44 heavy (non-hydrogen) atoms. The van der Waals surface area contributed by atoms with Gasteiger partial charge in [0.25, 0.3) is 0 Å².